The van der Waals surface area contributed by atoms with E-state index >= 15 is 0 Å². The minimum Gasteiger partial charge on any atom is -0.478 e. The smallest absolute Gasteiger partial charge is 0.338 e. The Balaban J connectivity index is 2.58. The number of rotatable bonds is 4. The number of benzene rings is 2. The van der Waals surface area contributed by atoms with Crippen LogP contribution in [-0.2, 0) is 0 Å². The third kappa shape index (κ3) is 3.00. The lowest BCUT2D eigenvalue weighted by Gasteiger charge is -2.14. The molecular weight excluding hydrogens is 277 g/mol. The Kier molecular flexibility index (Phi) is 3.89. The highest BCUT2D eigenvalue weighted by molar-refractivity contribution is 6.05. The maximum Gasteiger partial charge on any atom is 0.338 e. The molecule has 108 valence electrons. The summed E-state index contributed by atoms with van der Waals surface area (Å²) in [6.45, 7) is 1.57. The van der Waals surface area contributed by atoms with E-state index < -0.39 is 17.8 Å². The molecule has 0 spiro atoms. The summed E-state index contributed by atoms with van der Waals surface area (Å²) in [6, 6.07) is 7.95. The van der Waals surface area contributed by atoms with Gasteiger partial charge in [0, 0.05) is 5.69 Å². The fourth-order valence-corrected chi connectivity index (χ4v) is 1.97. The van der Waals surface area contributed by atoms with Crippen molar-refractivity contribution in [3.05, 3.63) is 58.9 Å². The first-order valence-electron chi connectivity index (χ1n) is 6.03. The molecule has 0 fully saturated rings. The largest absolute Gasteiger partial charge is 0.478 e. The van der Waals surface area contributed by atoms with Gasteiger partial charge < -0.3 is 15.5 Å². The van der Waals surface area contributed by atoms with Crippen LogP contribution in [0.25, 0.3) is 0 Å². The Hall–Kier alpha value is -2.89. The zero-order chi connectivity index (χ0) is 15.6. The van der Waals surface area contributed by atoms with E-state index in [0.29, 0.717) is 11.3 Å². The lowest BCUT2D eigenvalue weighted by Crippen LogP contribution is -2.11. The van der Waals surface area contributed by atoms with Crippen molar-refractivity contribution in [3.63, 3.8) is 0 Å². The first-order chi connectivity index (χ1) is 9.90. The van der Waals surface area contributed by atoms with E-state index in [1.807, 2.05) is 0 Å². The van der Waals surface area contributed by atoms with Crippen LogP contribution in [0.2, 0.25) is 0 Å². The van der Waals surface area contributed by atoms with E-state index in [1.54, 1.807) is 6.92 Å². The third-order valence-corrected chi connectivity index (χ3v) is 2.97. The summed E-state index contributed by atoms with van der Waals surface area (Å²) in [5, 5.41) is 21.2. The zero-order valence-electron chi connectivity index (χ0n) is 11.1. The average Bonchev–Trinajstić information content (AvgIpc) is 2.40. The Morgan fingerprint density at radius 3 is 2.14 bits per heavy atom. The van der Waals surface area contributed by atoms with Gasteiger partial charge in [0.15, 0.2) is 0 Å². The van der Waals surface area contributed by atoms with Crippen LogP contribution in [0.15, 0.2) is 36.4 Å². The topological polar surface area (TPSA) is 86.6 Å². The first kappa shape index (κ1) is 14.5. The van der Waals surface area contributed by atoms with Gasteiger partial charge in [-0.15, -0.1) is 0 Å². The molecule has 0 aromatic heterocycles. The van der Waals surface area contributed by atoms with Crippen LogP contribution in [0.1, 0.15) is 26.3 Å². The van der Waals surface area contributed by atoms with Gasteiger partial charge in [-0.3, -0.25) is 0 Å². The lowest BCUT2D eigenvalue weighted by atomic mass is 10.0. The predicted molar refractivity (Wildman–Crippen MR) is 74.8 cm³/mol. The minimum absolute atomic E-state index is 0.0263. The highest BCUT2D eigenvalue weighted by atomic mass is 19.1. The second-order valence-electron chi connectivity index (χ2n) is 4.42. The van der Waals surface area contributed by atoms with E-state index in [9.17, 15) is 24.2 Å². The van der Waals surface area contributed by atoms with Crippen LogP contribution >= 0.6 is 0 Å². The van der Waals surface area contributed by atoms with Crippen molar-refractivity contribution in [2.24, 2.45) is 0 Å². The minimum atomic E-state index is -1.25. The van der Waals surface area contributed by atoms with Crippen molar-refractivity contribution in [3.8, 4) is 0 Å². The van der Waals surface area contributed by atoms with Gasteiger partial charge in [0.2, 0.25) is 0 Å². The highest BCUT2D eigenvalue weighted by Crippen LogP contribution is 2.28. The van der Waals surface area contributed by atoms with E-state index in [2.05, 4.69) is 5.32 Å². The van der Waals surface area contributed by atoms with E-state index in [-0.39, 0.29) is 16.8 Å². The summed E-state index contributed by atoms with van der Waals surface area (Å²) in [5.41, 5.74) is 0.507. The molecule has 0 unspecified atom stereocenters. The number of hydrogen-bond donors (Lipinski definition) is 3. The summed E-state index contributed by atoms with van der Waals surface area (Å²) in [7, 11) is 0. The number of nitrogens with one attached hydrogen (secondary N) is 1. The van der Waals surface area contributed by atoms with Gasteiger partial charge in [0.25, 0.3) is 0 Å². The molecule has 0 atom stereocenters. The van der Waals surface area contributed by atoms with E-state index in [0.717, 1.165) is 0 Å². The average molecular weight is 289 g/mol. The van der Waals surface area contributed by atoms with Gasteiger partial charge >= 0.3 is 11.9 Å². The molecule has 2 aromatic carbocycles. The van der Waals surface area contributed by atoms with Gasteiger partial charge in [0.05, 0.1) is 16.8 Å². The quantitative estimate of drug-likeness (QED) is 0.804. The molecule has 2 rings (SSSR count). The number of carbonyl (C=O) groups is 2. The van der Waals surface area contributed by atoms with Crippen LogP contribution in [0.5, 0.6) is 0 Å². The predicted octanol–water partition coefficient (Wildman–Crippen LogP) is 3.27. The molecule has 0 aliphatic heterocycles. The van der Waals surface area contributed by atoms with Crippen molar-refractivity contribution in [1.82, 2.24) is 0 Å². The number of carboxylic acid groups (broad SMARTS) is 2. The van der Waals surface area contributed by atoms with Gasteiger partial charge in [-0.05, 0) is 42.8 Å². The van der Waals surface area contributed by atoms with Crippen molar-refractivity contribution in [1.29, 1.82) is 0 Å². The highest BCUT2D eigenvalue weighted by Gasteiger charge is 2.20. The summed E-state index contributed by atoms with van der Waals surface area (Å²) < 4.78 is 12.9. The molecule has 0 heterocycles. The van der Waals surface area contributed by atoms with Crippen LogP contribution in [0, 0.1) is 12.7 Å². The first-order valence-corrected chi connectivity index (χ1v) is 6.03. The molecular formula is C15H12FNO4. The molecule has 0 saturated carbocycles. The molecule has 0 aliphatic rings. The number of hydrogen-bond acceptors (Lipinski definition) is 3. The Labute approximate surface area is 119 Å². The van der Waals surface area contributed by atoms with Crippen LogP contribution in [-0.4, -0.2) is 22.2 Å². The van der Waals surface area contributed by atoms with Crippen molar-refractivity contribution in [2.45, 2.75) is 6.92 Å². The number of aromatic carboxylic acids is 2. The third-order valence-electron chi connectivity index (χ3n) is 2.97. The fraction of sp³-hybridized carbons (Fsp3) is 0.0667. The molecule has 0 bridgehead atoms. The van der Waals surface area contributed by atoms with Gasteiger partial charge in [0.1, 0.15) is 5.82 Å². The summed E-state index contributed by atoms with van der Waals surface area (Å²) in [5.74, 6) is -2.93. The van der Waals surface area contributed by atoms with Crippen LogP contribution in [0.3, 0.4) is 0 Å². The van der Waals surface area contributed by atoms with E-state index in [1.165, 1.54) is 36.4 Å². The summed E-state index contributed by atoms with van der Waals surface area (Å²) in [4.78, 5) is 22.6. The number of aryl methyl sites for hydroxylation is 1. The molecule has 2 aromatic rings. The molecule has 21 heavy (non-hydrogen) atoms. The SMILES string of the molecule is Cc1ccc(C(=O)O)c(Nc2ccc(F)cc2)c1C(=O)O. The van der Waals surface area contributed by atoms with Gasteiger partial charge in [-0.2, -0.15) is 0 Å². The number of halogens is 1. The van der Waals surface area contributed by atoms with Gasteiger partial charge in [-0.25, -0.2) is 14.0 Å². The van der Waals surface area contributed by atoms with E-state index in [4.69, 9.17) is 0 Å². The molecule has 0 radical (unpaired) electrons. The molecule has 5 nitrogen and oxygen atoms in total. The van der Waals surface area contributed by atoms with Crippen LogP contribution in [0.4, 0.5) is 15.8 Å². The molecule has 3 N–H and O–H groups in total. The fourth-order valence-electron chi connectivity index (χ4n) is 1.97. The number of anilines is 2. The molecule has 0 aliphatic carbocycles. The molecule has 6 heteroatoms. The maximum absolute atomic E-state index is 12.9. The van der Waals surface area contributed by atoms with Crippen molar-refractivity contribution in [2.75, 3.05) is 5.32 Å². The lowest BCUT2D eigenvalue weighted by molar-refractivity contribution is 0.0695. The Bertz CT molecular complexity index is 710. The molecule has 0 saturated heterocycles. The Morgan fingerprint density at radius 2 is 1.62 bits per heavy atom. The maximum atomic E-state index is 12.9. The standard InChI is InChI=1S/C15H12FNO4/c1-8-2-7-11(14(18)19)13(12(8)15(20)21)17-10-5-3-9(16)4-6-10/h2-7,17H,1H3,(H,18,19)(H,20,21). The van der Waals surface area contributed by atoms with Gasteiger partial charge in [-0.1, -0.05) is 6.07 Å². The normalized spacial score (nSPS) is 10.2. The second kappa shape index (κ2) is 5.62. The molecule has 0 amide bonds. The number of carboxylic acids is 2. The van der Waals surface area contributed by atoms with Crippen molar-refractivity contribution < 1.29 is 24.2 Å². The summed E-state index contributed by atoms with van der Waals surface area (Å²) >= 11 is 0. The Morgan fingerprint density at radius 1 is 1.00 bits per heavy atom. The van der Waals surface area contributed by atoms with Crippen molar-refractivity contribution >= 4 is 23.3 Å². The zero-order valence-corrected chi connectivity index (χ0v) is 11.1. The summed E-state index contributed by atoms with van der Waals surface area (Å²) in [6.07, 6.45) is 0. The monoisotopic (exact) mass is 289 g/mol. The second-order valence-corrected chi connectivity index (χ2v) is 4.42. The van der Waals surface area contributed by atoms with Crippen LogP contribution < -0.4 is 5.32 Å².